The van der Waals surface area contributed by atoms with E-state index in [0.29, 0.717) is 18.8 Å². The summed E-state index contributed by atoms with van der Waals surface area (Å²) in [5, 5.41) is 13.6. The van der Waals surface area contributed by atoms with Crippen LogP contribution in [0.1, 0.15) is 64.9 Å². The van der Waals surface area contributed by atoms with E-state index >= 15 is 0 Å². The standard InChI is InChI=1S/C31H43NO5/c1-4-20(2)31(35)37-28-15-23(19-32-18-22-8-6-5-7-9-22)14-24-11-10-21(3)27(30(24)28)13-12-26-16-25(33)17-29(34)36-26/h5-11,14,20-21,23,25-28,30,32-33H,4,12-13,15-19H2,1-3H3/t20?,21-,23-,25+,26+,27-,28-,30-/m0/s1. The molecule has 0 radical (unpaired) electrons. The molecule has 8 atom stereocenters. The zero-order valence-corrected chi connectivity index (χ0v) is 22.5. The summed E-state index contributed by atoms with van der Waals surface area (Å²) in [6, 6.07) is 10.4. The van der Waals surface area contributed by atoms with E-state index in [1.807, 2.05) is 19.9 Å². The number of nitrogens with one attached hydrogen (secondary N) is 1. The van der Waals surface area contributed by atoms with Gasteiger partial charge in [0.1, 0.15) is 12.2 Å². The van der Waals surface area contributed by atoms with Crippen molar-refractivity contribution in [2.75, 3.05) is 6.54 Å². The van der Waals surface area contributed by atoms with Gasteiger partial charge in [0.05, 0.1) is 18.4 Å². The summed E-state index contributed by atoms with van der Waals surface area (Å²) in [6.45, 7) is 7.81. The fourth-order valence-electron chi connectivity index (χ4n) is 6.09. The molecule has 6 nitrogen and oxygen atoms in total. The Morgan fingerprint density at radius 3 is 2.73 bits per heavy atom. The number of cyclic esters (lactones) is 1. The first-order chi connectivity index (χ1) is 17.8. The third-order valence-corrected chi connectivity index (χ3v) is 8.40. The lowest BCUT2D eigenvalue weighted by atomic mass is 9.65. The van der Waals surface area contributed by atoms with Gasteiger partial charge < -0.3 is 19.9 Å². The Bertz CT molecular complexity index is 973. The van der Waals surface area contributed by atoms with Gasteiger partial charge in [-0.3, -0.25) is 9.59 Å². The number of rotatable bonds is 10. The first kappa shape index (κ1) is 27.6. The highest BCUT2D eigenvalue weighted by Crippen LogP contribution is 2.45. The molecular formula is C31H43NO5. The molecule has 0 amide bonds. The lowest BCUT2D eigenvalue weighted by Gasteiger charge is -2.44. The predicted octanol–water partition coefficient (Wildman–Crippen LogP) is 4.97. The van der Waals surface area contributed by atoms with Gasteiger partial charge >= 0.3 is 11.9 Å². The van der Waals surface area contributed by atoms with E-state index in [2.05, 4.69) is 54.7 Å². The van der Waals surface area contributed by atoms with E-state index in [9.17, 15) is 14.7 Å². The molecule has 3 aliphatic rings. The molecule has 6 heteroatoms. The average molecular weight is 510 g/mol. The topological polar surface area (TPSA) is 84.9 Å². The Morgan fingerprint density at radius 2 is 2.00 bits per heavy atom. The summed E-state index contributed by atoms with van der Waals surface area (Å²) in [4.78, 5) is 24.8. The van der Waals surface area contributed by atoms with Crippen molar-refractivity contribution in [1.29, 1.82) is 0 Å². The first-order valence-corrected chi connectivity index (χ1v) is 14.1. The second-order valence-electron chi connectivity index (χ2n) is 11.3. The lowest BCUT2D eigenvalue weighted by Crippen LogP contribution is -2.43. The molecule has 1 saturated heterocycles. The van der Waals surface area contributed by atoms with Crippen molar-refractivity contribution in [3.63, 3.8) is 0 Å². The molecule has 2 aliphatic carbocycles. The maximum atomic E-state index is 12.9. The predicted molar refractivity (Wildman–Crippen MR) is 143 cm³/mol. The van der Waals surface area contributed by atoms with Gasteiger partial charge in [-0.05, 0) is 54.6 Å². The van der Waals surface area contributed by atoms with Crippen molar-refractivity contribution in [1.82, 2.24) is 5.32 Å². The van der Waals surface area contributed by atoms with Crippen LogP contribution in [0.25, 0.3) is 0 Å². The third kappa shape index (κ3) is 7.32. The Hall–Kier alpha value is -2.44. The fraction of sp³-hybridized carbons (Fsp3) is 0.613. The molecule has 4 rings (SSSR count). The second-order valence-corrected chi connectivity index (χ2v) is 11.3. The highest BCUT2D eigenvalue weighted by atomic mass is 16.5. The molecule has 1 aromatic carbocycles. The van der Waals surface area contributed by atoms with E-state index in [1.54, 1.807) is 0 Å². The van der Waals surface area contributed by atoms with Crippen molar-refractivity contribution < 1.29 is 24.2 Å². The maximum absolute atomic E-state index is 12.9. The fourth-order valence-corrected chi connectivity index (χ4v) is 6.09. The van der Waals surface area contributed by atoms with Crippen LogP contribution in [-0.2, 0) is 25.6 Å². The number of benzene rings is 1. The van der Waals surface area contributed by atoms with Crippen molar-refractivity contribution in [3.8, 4) is 0 Å². The van der Waals surface area contributed by atoms with E-state index < -0.39 is 6.10 Å². The van der Waals surface area contributed by atoms with Gasteiger partial charge in [0.15, 0.2) is 0 Å². The molecular weight excluding hydrogens is 466 g/mol. The third-order valence-electron chi connectivity index (χ3n) is 8.40. The number of aliphatic hydroxyl groups excluding tert-OH is 1. The van der Waals surface area contributed by atoms with Gasteiger partial charge in [0.2, 0.25) is 0 Å². The molecule has 0 aromatic heterocycles. The van der Waals surface area contributed by atoms with Crippen LogP contribution in [-0.4, -0.2) is 41.9 Å². The first-order valence-electron chi connectivity index (χ1n) is 14.1. The molecule has 0 spiro atoms. The van der Waals surface area contributed by atoms with Crippen molar-refractivity contribution in [2.24, 2.45) is 29.6 Å². The summed E-state index contributed by atoms with van der Waals surface area (Å²) in [5.74, 6) is 0.452. The van der Waals surface area contributed by atoms with Crippen LogP contribution in [0.5, 0.6) is 0 Å². The number of hydrogen-bond donors (Lipinski definition) is 2. The molecule has 2 N–H and O–H groups in total. The van der Waals surface area contributed by atoms with Crippen molar-refractivity contribution in [2.45, 2.75) is 84.2 Å². The van der Waals surface area contributed by atoms with E-state index in [0.717, 1.165) is 32.4 Å². The zero-order chi connectivity index (χ0) is 26.4. The molecule has 1 aromatic rings. The summed E-state index contributed by atoms with van der Waals surface area (Å²) < 4.78 is 11.8. The van der Waals surface area contributed by atoms with Gasteiger partial charge in [-0.2, -0.15) is 0 Å². The highest BCUT2D eigenvalue weighted by Gasteiger charge is 2.42. The molecule has 1 unspecified atom stereocenters. The van der Waals surface area contributed by atoms with Crippen molar-refractivity contribution in [3.05, 3.63) is 59.7 Å². The van der Waals surface area contributed by atoms with Crippen LogP contribution in [0.15, 0.2) is 54.1 Å². The number of aliphatic hydroxyl groups is 1. The van der Waals surface area contributed by atoms with Crippen LogP contribution in [0.2, 0.25) is 0 Å². The number of hydrogen-bond acceptors (Lipinski definition) is 6. The summed E-state index contributed by atoms with van der Waals surface area (Å²) in [7, 11) is 0. The number of allylic oxidation sites excluding steroid dienone is 2. The van der Waals surface area contributed by atoms with Crippen LogP contribution in [0.4, 0.5) is 0 Å². The van der Waals surface area contributed by atoms with E-state index in [-0.39, 0.29) is 54.2 Å². The molecule has 0 bridgehead atoms. The molecule has 1 heterocycles. The lowest BCUT2D eigenvalue weighted by molar-refractivity contribution is -0.162. The molecule has 1 aliphatic heterocycles. The van der Waals surface area contributed by atoms with Gasteiger partial charge in [0, 0.05) is 25.4 Å². The van der Waals surface area contributed by atoms with E-state index in [4.69, 9.17) is 9.47 Å². The molecule has 37 heavy (non-hydrogen) atoms. The Labute approximate surface area is 221 Å². The number of carbonyl (C=O) groups is 2. The largest absolute Gasteiger partial charge is 0.462 e. The minimum Gasteiger partial charge on any atom is -0.462 e. The monoisotopic (exact) mass is 509 g/mol. The summed E-state index contributed by atoms with van der Waals surface area (Å²) in [6.07, 6.45) is 9.52. The van der Waals surface area contributed by atoms with Crippen LogP contribution in [0, 0.1) is 29.6 Å². The van der Waals surface area contributed by atoms with Gasteiger partial charge in [-0.1, -0.05) is 69.3 Å². The van der Waals surface area contributed by atoms with Gasteiger partial charge in [-0.15, -0.1) is 0 Å². The minimum atomic E-state index is -0.617. The molecule has 1 fully saturated rings. The average Bonchev–Trinajstić information content (AvgIpc) is 2.88. The number of esters is 2. The highest BCUT2D eigenvalue weighted by molar-refractivity contribution is 5.72. The maximum Gasteiger partial charge on any atom is 0.308 e. The number of carbonyl (C=O) groups excluding carboxylic acids is 2. The number of ether oxygens (including phenoxy) is 2. The second kappa shape index (κ2) is 12.9. The van der Waals surface area contributed by atoms with Gasteiger partial charge in [0.25, 0.3) is 0 Å². The SMILES string of the molecule is CCC(C)C(=O)O[C@H]1C[C@@H](CNCc2ccccc2)C=C2C=C[C@H](C)[C@H](CC[C@@H]3C[C@@H](O)CC(=O)O3)[C@H]21. The number of fused-ring (bicyclic) bond motifs is 1. The van der Waals surface area contributed by atoms with Crippen LogP contribution < -0.4 is 5.32 Å². The Kier molecular flexibility index (Phi) is 9.60. The Balaban J connectivity index is 1.48. The van der Waals surface area contributed by atoms with Gasteiger partial charge in [-0.25, -0.2) is 0 Å². The molecule has 202 valence electrons. The van der Waals surface area contributed by atoms with Crippen molar-refractivity contribution >= 4 is 11.9 Å². The quantitative estimate of drug-likeness (QED) is 0.434. The smallest absolute Gasteiger partial charge is 0.308 e. The summed E-state index contributed by atoms with van der Waals surface area (Å²) >= 11 is 0. The zero-order valence-electron chi connectivity index (χ0n) is 22.5. The summed E-state index contributed by atoms with van der Waals surface area (Å²) in [5.41, 5.74) is 2.51. The van der Waals surface area contributed by atoms with Crippen LogP contribution >= 0.6 is 0 Å². The van der Waals surface area contributed by atoms with E-state index in [1.165, 1.54) is 11.1 Å². The molecule has 0 saturated carbocycles. The normalized spacial score (nSPS) is 32.2. The Morgan fingerprint density at radius 1 is 1.22 bits per heavy atom. The minimum absolute atomic E-state index is 0.0852. The van der Waals surface area contributed by atoms with Crippen LogP contribution in [0.3, 0.4) is 0 Å².